The normalized spacial score (nSPS) is 12.7. The summed E-state index contributed by atoms with van der Waals surface area (Å²) in [5.41, 5.74) is 7.72. The van der Waals surface area contributed by atoms with Crippen LogP contribution in [0.4, 0.5) is 0 Å². The lowest BCUT2D eigenvalue weighted by atomic mass is 9.88. The molecule has 0 saturated heterocycles. The second kappa shape index (κ2) is 8.28. The van der Waals surface area contributed by atoms with Gasteiger partial charge >= 0.3 is 0 Å². The van der Waals surface area contributed by atoms with Gasteiger partial charge in [-0.2, -0.15) is 0 Å². The quantitative estimate of drug-likeness (QED) is 0.279. The number of allylic oxidation sites excluding steroid dienone is 1. The highest BCUT2D eigenvalue weighted by atomic mass is 15.0. The Labute approximate surface area is 184 Å². The van der Waals surface area contributed by atoms with Crippen LogP contribution in [0.2, 0.25) is 0 Å². The number of fused-ring (bicyclic) bond motifs is 3. The van der Waals surface area contributed by atoms with Crippen LogP contribution in [0.1, 0.15) is 42.9 Å². The Hall–Kier alpha value is -3.58. The van der Waals surface area contributed by atoms with Crippen molar-refractivity contribution in [3.05, 3.63) is 120 Å². The summed E-state index contributed by atoms with van der Waals surface area (Å²) in [6.07, 6.45) is 5.31. The van der Waals surface area contributed by atoms with E-state index in [1.165, 1.54) is 44.2 Å². The highest BCUT2D eigenvalue weighted by molar-refractivity contribution is 6.09. The van der Waals surface area contributed by atoms with Crippen molar-refractivity contribution < 1.29 is 0 Å². The van der Waals surface area contributed by atoms with Crippen LogP contribution >= 0.6 is 0 Å². The Kier molecular flexibility index (Phi) is 5.18. The van der Waals surface area contributed by atoms with Crippen molar-refractivity contribution in [2.24, 2.45) is 0 Å². The molecule has 0 saturated carbocycles. The number of para-hydroxylation sites is 2. The van der Waals surface area contributed by atoms with Crippen LogP contribution in [0.3, 0.4) is 0 Å². The third kappa shape index (κ3) is 3.47. The fourth-order valence-electron chi connectivity index (χ4n) is 4.76. The van der Waals surface area contributed by atoms with Gasteiger partial charge in [-0.05, 0) is 60.4 Å². The van der Waals surface area contributed by atoms with Gasteiger partial charge in [0.1, 0.15) is 0 Å². The first-order valence-corrected chi connectivity index (χ1v) is 11.1. The zero-order valence-electron chi connectivity index (χ0n) is 18.1. The summed E-state index contributed by atoms with van der Waals surface area (Å²) in [5.74, 6) is 0.392. The molecule has 0 bridgehead atoms. The first-order valence-electron chi connectivity index (χ1n) is 11.1. The molecule has 1 nitrogen and oxygen atoms in total. The van der Waals surface area contributed by atoms with Gasteiger partial charge in [0, 0.05) is 22.4 Å². The van der Waals surface area contributed by atoms with E-state index >= 15 is 0 Å². The average Bonchev–Trinajstić information content (AvgIpc) is 3.15. The monoisotopic (exact) mass is 401 g/mol. The molecule has 0 N–H and O–H groups in total. The predicted octanol–water partition coefficient (Wildman–Crippen LogP) is 8.36. The molecular formula is C30H27N. The molecule has 5 rings (SSSR count). The van der Waals surface area contributed by atoms with Gasteiger partial charge in [0.25, 0.3) is 0 Å². The summed E-state index contributed by atoms with van der Waals surface area (Å²) in [4.78, 5) is 0. The van der Waals surface area contributed by atoms with Crippen molar-refractivity contribution in [3.8, 4) is 5.69 Å². The summed E-state index contributed by atoms with van der Waals surface area (Å²) >= 11 is 0. The molecule has 0 aliphatic rings. The van der Waals surface area contributed by atoms with Crippen molar-refractivity contribution in [2.45, 2.75) is 26.2 Å². The number of hydrogen-bond donors (Lipinski definition) is 0. The topological polar surface area (TPSA) is 4.93 Å². The maximum absolute atomic E-state index is 2.41. The molecular weight excluding hydrogens is 374 g/mol. The number of hydrogen-bond acceptors (Lipinski definition) is 0. The standard InChI is InChI=1S/C30H27N/c1-3-10-22-15-17-23(18-16-22)26(4-2)24-19-20-30-28(21-24)27-13-8-9-14-29(27)31(30)25-11-6-5-7-12-25/h3,5-21,26H,4H2,1-2H3/b10-3+. The molecule has 0 amide bonds. The van der Waals surface area contributed by atoms with Gasteiger partial charge in [0.15, 0.2) is 0 Å². The smallest absolute Gasteiger partial charge is 0.0541 e. The average molecular weight is 402 g/mol. The molecule has 1 heteroatoms. The van der Waals surface area contributed by atoms with E-state index < -0.39 is 0 Å². The molecule has 1 aromatic heterocycles. The highest BCUT2D eigenvalue weighted by Crippen LogP contribution is 2.36. The first-order chi connectivity index (χ1) is 15.3. The summed E-state index contributed by atoms with van der Waals surface area (Å²) in [6.45, 7) is 4.34. The maximum atomic E-state index is 2.41. The molecule has 4 aromatic carbocycles. The summed E-state index contributed by atoms with van der Waals surface area (Å²) in [7, 11) is 0. The minimum atomic E-state index is 0.392. The molecule has 0 radical (unpaired) electrons. The van der Waals surface area contributed by atoms with Crippen LogP contribution in [0.5, 0.6) is 0 Å². The van der Waals surface area contributed by atoms with E-state index in [9.17, 15) is 0 Å². The van der Waals surface area contributed by atoms with E-state index in [4.69, 9.17) is 0 Å². The minimum absolute atomic E-state index is 0.392. The molecule has 0 aliphatic carbocycles. The lowest BCUT2D eigenvalue weighted by Gasteiger charge is -2.17. The van der Waals surface area contributed by atoms with E-state index in [0.717, 1.165) is 6.42 Å². The van der Waals surface area contributed by atoms with Crippen LogP contribution in [0.25, 0.3) is 33.6 Å². The Bertz CT molecular complexity index is 1350. The van der Waals surface area contributed by atoms with Crippen molar-refractivity contribution >= 4 is 27.9 Å². The Morgan fingerprint density at radius 3 is 2.13 bits per heavy atom. The molecule has 0 spiro atoms. The third-order valence-corrected chi connectivity index (χ3v) is 6.22. The maximum Gasteiger partial charge on any atom is 0.0541 e. The van der Waals surface area contributed by atoms with Crippen molar-refractivity contribution in [1.29, 1.82) is 0 Å². The van der Waals surface area contributed by atoms with Crippen LogP contribution in [0, 0.1) is 0 Å². The van der Waals surface area contributed by atoms with Gasteiger partial charge in [-0.25, -0.2) is 0 Å². The summed E-state index contributed by atoms with van der Waals surface area (Å²) in [5, 5.41) is 2.63. The molecule has 5 aromatic rings. The van der Waals surface area contributed by atoms with Crippen LogP contribution in [-0.4, -0.2) is 4.57 Å². The lowest BCUT2D eigenvalue weighted by Crippen LogP contribution is -2.00. The molecule has 1 heterocycles. The van der Waals surface area contributed by atoms with Gasteiger partial charge < -0.3 is 4.57 Å². The molecule has 0 aliphatic heterocycles. The molecule has 31 heavy (non-hydrogen) atoms. The van der Waals surface area contributed by atoms with E-state index in [-0.39, 0.29) is 0 Å². The van der Waals surface area contributed by atoms with Gasteiger partial charge in [0.05, 0.1) is 11.0 Å². The molecule has 1 unspecified atom stereocenters. The molecule has 152 valence electrons. The van der Waals surface area contributed by atoms with E-state index in [0.29, 0.717) is 5.92 Å². The highest BCUT2D eigenvalue weighted by Gasteiger charge is 2.16. The van der Waals surface area contributed by atoms with Gasteiger partial charge in [-0.3, -0.25) is 0 Å². The Morgan fingerprint density at radius 2 is 1.39 bits per heavy atom. The number of nitrogens with zero attached hydrogens (tertiary/aromatic N) is 1. The zero-order chi connectivity index (χ0) is 21.2. The first kappa shape index (κ1) is 19.4. The SMILES string of the molecule is C/C=C/c1ccc(C(CC)c2ccc3c(c2)c2ccccc2n3-c2ccccc2)cc1. The molecule has 0 fully saturated rings. The second-order valence-corrected chi connectivity index (χ2v) is 8.09. The Balaban J connectivity index is 1.67. The summed E-state index contributed by atoms with van der Waals surface area (Å²) in [6, 6.07) is 35.4. The van der Waals surface area contributed by atoms with Crippen molar-refractivity contribution in [1.82, 2.24) is 4.57 Å². The van der Waals surface area contributed by atoms with E-state index in [1.807, 2.05) is 0 Å². The Morgan fingerprint density at radius 1 is 0.710 bits per heavy atom. The van der Waals surface area contributed by atoms with Crippen LogP contribution < -0.4 is 0 Å². The zero-order valence-corrected chi connectivity index (χ0v) is 18.1. The largest absolute Gasteiger partial charge is 0.309 e. The van der Waals surface area contributed by atoms with Gasteiger partial charge in [-0.1, -0.05) is 85.8 Å². The number of benzene rings is 4. The summed E-state index contributed by atoms with van der Waals surface area (Å²) < 4.78 is 2.38. The third-order valence-electron chi connectivity index (χ3n) is 6.22. The van der Waals surface area contributed by atoms with Gasteiger partial charge in [0.2, 0.25) is 0 Å². The van der Waals surface area contributed by atoms with Crippen LogP contribution in [-0.2, 0) is 0 Å². The minimum Gasteiger partial charge on any atom is -0.309 e. The lowest BCUT2D eigenvalue weighted by molar-refractivity contribution is 0.778. The second-order valence-electron chi connectivity index (χ2n) is 8.09. The van der Waals surface area contributed by atoms with Gasteiger partial charge in [-0.15, -0.1) is 0 Å². The molecule has 1 atom stereocenters. The van der Waals surface area contributed by atoms with E-state index in [1.54, 1.807) is 0 Å². The fraction of sp³-hybridized carbons (Fsp3) is 0.133. The fourth-order valence-corrected chi connectivity index (χ4v) is 4.76. The number of rotatable bonds is 5. The number of aromatic nitrogens is 1. The van der Waals surface area contributed by atoms with Crippen LogP contribution in [0.15, 0.2) is 103 Å². The van der Waals surface area contributed by atoms with E-state index in [2.05, 4.69) is 128 Å². The predicted molar refractivity (Wildman–Crippen MR) is 134 cm³/mol. The van der Waals surface area contributed by atoms with Crippen molar-refractivity contribution in [2.75, 3.05) is 0 Å². The van der Waals surface area contributed by atoms with Crippen molar-refractivity contribution in [3.63, 3.8) is 0 Å².